The first-order chi connectivity index (χ1) is 4.77. The van der Waals surface area contributed by atoms with Gasteiger partial charge in [0, 0.05) is 10.8 Å². The molecule has 3 heteroatoms. The van der Waals surface area contributed by atoms with Crippen LogP contribution in [-0.2, 0) is 0 Å². The smallest absolute Gasteiger partial charge is 0.180 e. The molecule has 0 aliphatic heterocycles. The molecule has 1 aromatic heterocycles. The molecule has 0 atom stereocenters. The molecule has 0 aromatic carbocycles. The van der Waals surface area contributed by atoms with Crippen LogP contribution < -0.4 is 5.73 Å². The lowest BCUT2D eigenvalue weighted by atomic mass is 10.3. The lowest BCUT2D eigenvalue weighted by molar-refractivity contribution is 1.03. The van der Waals surface area contributed by atoms with Gasteiger partial charge in [0.25, 0.3) is 0 Å². The van der Waals surface area contributed by atoms with Crippen molar-refractivity contribution >= 4 is 16.5 Å². The van der Waals surface area contributed by atoms with Gasteiger partial charge in [-0.2, -0.15) is 0 Å². The van der Waals surface area contributed by atoms with Crippen LogP contribution in [0.5, 0.6) is 0 Å². The number of anilines is 1. The molecule has 0 amide bonds. The van der Waals surface area contributed by atoms with Crippen LogP contribution in [0.3, 0.4) is 0 Å². The summed E-state index contributed by atoms with van der Waals surface area (Å²) in [5, 5.41) is 0.722. The molecular weight excluding hydrogens is 144 g/mol. The van der Waals surface area contributed by atoms with Gasteiger partial charge in [0.05, 0.1) is 5.69 Å². The van der Waals surface area contributed by atoms with E-state index >= 15 is 0 Å². The molecular formula is C7H10N2S. The summed E-state index contributed by atoms with van der Waals surface area (Å²) in [6, 6.07) is 0. The molecule has 54 valence electrons. The third kappa shape index (κ3) is 0.904. The minimum atomic E-state index is 0.722. The van der Waals surface area contributed by atoms with E-state index in [2.05, 4.69) is 11.9 Å². The molecule has 2 rings (SSSR count). The van der Waals surface area contributed by atoms with Crippen molar-refractivity contribution < 1.29 is 0 Å². The summed E-state index contributed by atoms with van der Waals surface area (Å²) in [4.78, 5) is 5.57. The van der Waals surface area contributed by atoms with E-state index in [0.717, 1.165) is 11.0 Å². The van der Waals surface area contributed by atoms with Crippen molar-refractivity contribution in [3.8, 4) is 0 Å². The van der Waals surface area contributed by atoms with Gasteiger partial charge in [-0.25, -0.2) is 4.98 Å². The molecule has 1 saturated carbocycles. The van der Waals surface area contributed by atoms with Gasteiger partial charge in [-0.1, -0.05) is 0 Å². The zero-order chi connectivity index (χ0) is 7.14. The highest BCUT2D eigenvalue weighted by atomic mass is 32.1. The minimum absolute atomic E-state index is 0.722. The maximum atomic E-state index is 5.55. The Bertz CT molecular complexity index is 250. The predicted octanol–water partition coefficient (Wildman–Crippen LogP) is 1.91. The number of hydrogen-bond acceptors (Lipinski definition) is 3. The van der Waals surface area contributed by atoms with Gasteiger partial charge in [-0.15, -0.1) is 11.3 Å². The van der Waals surface area contributed by atoms with E-state index in [9.17, 15) is 0 Å². The summed E-state index contributed by atoms with van der Waals surface area (Å²) < 4.78 is 0. The molecule has 1 aliphatic rings. The summed E-state index contributed by atoms with van der Waals surface area (Å²) in [7, 11) is 0. The lowest BCUT2D eigenvalue weighted by Gasteiger charge is -1.88. The van der Waals surface area contributed by atoms with Crippen LogP contribution in [0.2, 0.25) is 0 Å². The highest BCUT2D eigenvalue weighted by molar-refractivity contribution is 7.15. The molecule has 0 spiro atoms. The monoisotopic (exact) mass is 154 g/mol. The van der Waals surface area contributed by atoms with E-state index in [1.54, 1.807) is 11.3 Å². The predicted molar refractivity (Wildman–Crippen MR) is 43.2 cm³/mol. The zero-order valence-electron chi connectivity index (χ0n) is 5.92. The van der Waals surface area contributed by atoms with Crippen molar-refractivity contribution in [2.75, 3.05) is 5.73 Å². The van der Waals surface area contributed by atoms with Crippen LogP contribution in [0.4, 0.5) is 5.13 Å². The van der Waals surface area contributed by atoms with Gasteiger partial charge in [-0.3, -0.25) is 0 Å². The van der Waals surface area contributed by atoms with Crippen molar-refractivity contribution in [3.05, 3.63) is 10.6 Å². The van der Waals surface area contributed by atoms with Crippen LogP contribution in [-0.4, -0.2) is 4.98 Å². The van der Waals surface area contributed by atoms with Gasteiger partial charge in [0.1, 0.15) is 0 Å². The molecule has 1 heterocycles. The Labute approximate surface area is 64.1 Å². The standard InChI is InChI=1S/C7H10N2S/c1-4-6(5-2-3-5)9-7(8)10-4/h5H,2-3H2,1H3,(H2,8,9). The Morgan fingerprint density at radius 3 is 2.70 bits per heavy atom. The molecule has 0 unspecified atom stereocenters. The third-order valence-electron chi connectivity index (χ3n) is 1.81. The van der Waals surface area contributed by atoms with Gasteiger partial charge < -0.3 is 5.73 Å². The second-order valence-corrected chi connectivity index (χ2v) is 4.00. The van der Waals surface area contributed by atoms with E-state index in [1.165, 1.54) is 23.4 Å². The van der Waals surface area contributed by atoms with Crippen molar-refractivity contribution in [1.29, 1.82) is 0 Å². The number of nitrogens with zero attached hydrogens (tertiary/aromatic N) is 1. The van der Waals surface area contributed by atoms with Crippen LogP contribution in [0, 0.1) is 6.92 Å². The van der Waals surface area contributed by atoms with Crippen LogP contribution in [0.15, 0.2) is 0 Å². The number of nitrogen functional groups attached to an aromatic ring is 1. The Kier molecular flexibility index (Phi) is 1.20. The number of aromatic nitrogens is 1. The largest absolute Gasteiger partial charge is 0.375 e. The normalized spacial score (nSPS) is 17.7. The zero-order valence-corrected chi connectivity index (χ0v) is 6.74. The molecule has 2 nitrogen and oxygen atoms in total. The maximum absolute atomic E-state index is 5.55. The average Bonchev–Trinajstić information content (AvgIpc) is 2.61. The van der Waals surface area contributed by atoms with E-state index in [1.807, 2.05) is 0 Å². The van der Waals surface area contributed by atoms with E-state index in [0.29, 0.717) is 0 Å². The lowest BCUT2D eigenvalue weighted by Crippen LogP contribution is -1.84. The van der Waals surface area contributed by atoms with Gasteiger partial charge in [0.15, 0.2) is 5.13 Å². The first-order valence-corrected chi connectivity index (χ1v) is 4.32. The molecule has 1 aromatic rings. The topological polar surface area (TPSA) is 38.9 Å². The van der Waals surface area contributed by atoms with Crippen molar-refractivity contribution in [1.82, 2.24) is 4.98 Å². The van der Waals surface area contributed by atoms with Crippen LogP contribution in [0.25, 0.3) is 0 Å². The fraction of sp³-hybridized carbons (Fsp3) is 0.571. The van der Waals surface area contributed by atoms with Crippen molar-refractivity contribution in [2.45, 2.75) is 25.7 Å². The molecule has 0 saturated heterocycles. The van der Waals surface area contributed by atoms with Gasteiger partial charge >= 0.3 is 0 Å². The summed E-state index contributed by atoms with van der Waals surface area (Å²) in [5.74, 6) is 0.744. The Balaban J connectivity index is 2.38. The Morgan fingerprint density at radius 1 is 1.60 bits per heavy atom. The number of thiazole rings is 1. The fourth-order valence-electron chi connectivity index (χ4n) is 1.16. The minimum Gasteiger partial charge on any atom is -0.375 e. The Morgan fingerprint density at radius 2 is 2.30 bits per heavy atom. The molecule has 2 N–H and O–H groups in total. The molecule has 1 aliphatic carbocycles. The SMILES string of the molecule is Cc1sc(N)nc1C1CC1. The summed E-state index contributed by atoms with van der Waals surface area (Å²) in [5.41, 5.74) is 6.80. The number of rotatable bonds is 1. The molecule has 10 heavy (non-hydrogen) atoms. The first-order valence-electron chi connectivity index (χ1n) is 3.50. The van der Waals surface area contributed by atoms with E-state index < -0.39 is 0 Å². The second kappa shape index (κ2) is 1.95. The van der Waals surface area contributed by atoms with E-state index in [4.69, 9.17) is 5.73 Å². The average molecular weight is 154 g/mol. The van der Waals surface area contributed by atoms with Crippen molar-refractivity contribution in [3.63, 3.8) is 0 Å². The Hall–Kier alpha value is -0.570. The van der Waals surface area contributed by atoms with Gasteiger partial charge in [0.2, 0.25) is 0 Å². The maximum Gasteiger partial charge on any atom is 0.180 e. The molecule has 0 radical (unpaired) electrons. The highest BCUT2D eigenvalue weighted by Crippen LogP contribution is 2.42. The van der Waals surface area contributed by atoms with Crippen LogP contribution >= 0.6 is 11.3 Å². The highest BCUT2D eigenvalue weighted by Gasteiger charge is 2.27. The quantitative estimate of drug-likeness (QED) is 0.671. The van der Waals surface area contributed by atoms with E-state index in [-0.39, 0.29) is 0 Å². The number of nitrogens with two attached hydrogens (primary N) is 1. The first kappa shape index (κ1) is 6.16. The summed E-state index contributed by atoms with van der Waals surface area (Å²) >= 11 is 1.60. The molecule has 0 bridgehead atoms. The number of aryl methyl sites for hydroxylation is 1. The number of hydrogen-bond donors (Lipinski definition) is 1. The third-order valence-corrected chi connectivity index (χ3v) is 2.63. The second-order valence-electron chi connectivity index (χ2n) is 2.77. The van der Waals surface area contributed by atoms with Crippen LogP contribution in [0.1, 0.15) is 29.3 Å². The molecule has 1 fully saturated rings. The fourth-order valence-corrected chi connectivity index (χ4v) is 1.94. The summed E-state index contributed by atoms with van der Waals surface area (Å²) in [6.45, 7) is 2.10. The van der Waals surface area contributed by atoms with Crippen molar-refractivity contribution in [2.24, 2.45) is 0 Å². The van der Waals surface area contributed by atoms with Gasteiger partial charge in [-0.05, 0) is 19.8 Å². The summed E-state index contributed by atoms with van der Waals surface area (Å²) in [6.07, 6.45) is 2.62.